The zero-order valence-corrected chi connectivity index (χ0v) is 13.0. The van der Waals surface area contributed by atoms with Gasteiger partial charge in [-0.3, -0.25) is 4.79 Å². The second-order valence-electron chi connectivity index (χ2n) is 4.00. The predicted molar refractivity (Wildman–Crippen MR) is 80.3 cm³/mol. The number of thioether (sulfide) groups is 1. The highest BCUT2D eigenvalue weighted by molar-refractivity contribution is 9.10. The summed E-state index contributed by atoms with van der Waals surface area (Å²) in [6.45, 7) is 2.02. The standard InChI is InChI=1S/C15H11BrF2OS/c1-2-20-10-5-3-9(4-6-10)15(19)13-12(17)8-7-11(16)14(13)18/h3-8H,2H2,1H3. The van der Waals surface area contributed by atoms with E-state index in [-0.39, 0.29) is 10.0 Å². The van der Waals surface area contributed by atoms with Crippen LogP contribution >= 0.6 is 27.7 Å². The van der Waals surface area contributed by atoms with Crippen LogP contribution in [0.15, 0.2) is 45.8 Å². The first-order valence-corrected chi connectivity index (χ1v) is 7.73. The van der Waals surface area contributed by atoms with Crippen molar-refractivity contribution >= 4 is 33.5 Å². The summed E-state index contributed by atoms with van der Waals surface area (Å²) in [4.78, 5) is 13.2. The molecule has 20 heavy (non-hydrogen) atoms. The van der Waals surface area contributed by atoms with Gasteiger partial charge >= 0.3 is 0 Å². The lowest BCUT2D eigenvalue weighted by atomic mass is 10.0. The van der Waals surface area contributed by atoms with Crippen LogP contribution in [0.25, 0.3) is 0 Å². The fourth-order valence-electron chi connectivity index (χ4n) is 1.75. The molecule has 0 N–H and O–H groups in total. The molecule has 0 aliphatic carbocycles. The van der Waals surface area contributed by atoms with Crippen LogP contribution in [0.5, 0.6) is 0 Å². The van der Waals surface area contributed by atoms with E-state index in [0.29, 0.717) is 0 Å². The highest BCUT2D eigenvalue weighted by Crippen LogP contribution is 2.25. The molecule has 0 saturated carbocycles. The molecule has 5 heteroatoms. The van der Waals surface area contributed by atoms with E-state index >= 15 is 0 Å². The molecule has 0 amide bonds. The summed E-state index contributed by atoms with van der Waals surface area (Å²) < 4.78 is 27.6. The van der Waals surface area contributed by atoms with Crippen LogP contribution in [0.3, 0.4) is 0 Å². The number of carbonyl (C=O) groups excluding carboxylic acids is 1. The lowest BCUT2D eigenvalue weighted by Crippen LogP contribution is -2.08. The van der Waals surface area contributed by atoms with Crippen molar-refractivity contribution < 1.29 is 13.6 Å². The number of hydrogen-bond donors (Lipinski definition) is 0. The van der Waals surface area contributed by atoms with Gasteiger partial charge in [-0.25, -0.2) is 8.78 Å². The highest BCUT2D eigenvalue weighted by Gasteiger charge is 2.20. The SMILES string of the molecule is CCSc1ccc(C(=O)c2c(F)ccc(Br)c2F)cc1. The van der Waals surface area contributed by atoms with E-state index in [4.69, 9.17) is 0 Å². The van der Waals surface area contributed by atoms with Crippen molar-refractivity contribution in [2.45, 2.75) is 11.8 Å². The summed E-state index contributed by atoms with van der Waals surface area (Å²) in [6, 6.07) is 9.02. The Morgan fingerprint density at radius 3 is 2.40 bits per heavy atom. The van der Waals surface area contributed by atoms with Gasteiger partial charge in [0.15, 0.2) is 11.6 Å². The lowest BCUT2D eigenvalue weighted by molar-refractivity contribution is 0.103. The molecule has 2 aromatic carbocycles. The highest BCUT2D eigenvalue weighted by atomic mass is 79.9. The Morgan fingerprint density at radius 1 is 1.15 bits per heavy atom. The van der Waals surface area contributed by atoms with E-state index in [1.54, 1.807) is 36.0 Å². The number of ketones is 1. The Morgan fingerprint density at radius 2 is 1.80 bits per heavy atom. The van der Waals surface area contributed by atoms with Gasteiger partial charge < -0.3 is 0 Å². The Labute approximate surface area is 128 Å². The monoisotopic (exact) mass is 356 g/mol. The van der Waals surface area contributed by atoms with Gasteiger partial charge in [-0.2, -0.15) is 0 Å². The third kappa shape index (κ3) is 3.10. The van der Waals surface area contributed by atoms with E-state index in [1.165, 1.54) is 6.07 Å². The fraction of sp³-hybridized carbons (Fsp3) is 0.133. The second-order valence-corrected chi connectivity index (χ2v) is 6.20. The summed E-state index contributed by atoms with van der Waals surface area (Å²) in [5, 5.41) is 0. The van der Waals surface area contributed by atoms with Crippen LogP contribution in [-0.2, 0) is 0 Å². The molecular formula is C15H11BrF2OS. The number of hydrogen-bond acceptors (Lipinski definition) is 2. The molecular weight excluding hydrogens is 346 g/mol. The molecule has 0 bridgehead atoms. The first kappa shape index (κ1) is 15.2. The maximum atomic E-state index is 13.9. The van der Waals surface area contributed by atoms with E-state index in [0.717, 1.165) is 16.7 Å². The van der Waals surface area contributed by atoms with E-state index in [1.807, 2.05) is 6.92 Å². The normalized spacial score (nSPS) is 10.6. The van der Waals surface area contributed by atoms with Gasteiger partial charge in [0.25, 0.3) is 0 Å². The van der Waals surface area contributed by atoms with Crippen molar-refractivity contribution in [3.05, 3.63) is 63.6 Å². The molecule has 0 aliphatic heterocycles. The zero-order valence-electron chi connectivity index (χ0n) is 10.6. The van der Waals surface area contributed by atoms with Crippen LogP contribution in [0, 0.1) is 11.6 Å². The van der Waals surface area contributed by atoms with Gasteiger partial charge in [-0.05, 0) is 58.1 Å². The van der Waals surface area contributed by atoms with Crippen molar-refractivity contribution in [3.8, 4) is 0 Å². The predicted octanol–water partition coefficient (Wildman–Crippen LogP) is 5.07. The van der Waals surface area contributed by atoms with Gasteiger partial charge in [-0.1, -0.05) is 6.92 Å². The molecule has 0 aliphatic rings. The van der Waals surface area contributed by atoms with Crippen molar-refractivity contribution in [2.24, 2.45) is 0 Å². The first-order valence-electron chi connectivity index (χ1n) is 5.95. The second kappa shape index (κ2) is 6.50. The summed E-state index contributed by atoms with van der Waals surface area (Å²) in [7, 11) is 0. The van der Waals surface area contributed by atoms with Crippen LogP contribution in [-0.4, -0.2) is 11.5 Å². The van der Waals surface area contributed by atoms with Crippen LogP contribution in [0.2, 0.25) is 0 Å². The average molecular weight is 357 g/mol. The molecule has 0 unspecified atom stereocenters. The average Bonchev–Trinajstić information content (AvgIpc) is 2.44. The number of rotatable bonds is 4. The molecule has 0 spiro atoms. The Kier molecular flexibility index (Phi) is 4.94. The minimum absolute atomic E-state index is 0.0698. The summed E-state index contributed by atoms with van der Waals surface area (Å²) >= 11 is 4.59. The third-order valence-corrected chi connectivity index (χ3v) is 4.21. The maximum Gasteiger partial charge on any atom is 0.198 e. The molecule has 0 aromatic heterocycles. The number of carbonyl (C=O) groups is 1. The van der Waals surface area contributed by atoms with Crippen molar-refractivity contribution in [2.75, 3.05) is 5.75 Å². The molecule has 104 valence electrons. The van der Waals surface area contributed by atoms with Crippen LogP contribution in [0.1, 0.15) is 22.8 Å². The molecule has 2 rings (SSSR count). The van der Waals surface area contributed by atoms with Crippen LogP contribution < -0.4 is 0 Å². The van der Waals surface area contributed by atoms with E-state index in [2.05, 4.69) is 15.9 Å². The van der Waals surface area contributed by atoms with Gasteiger partial charge in [0, 0.05) is 10.5 Å². The topological polar surface area (TPSA) is 17.1 Å². The van der Waals surface area contributed by atoms with Crippen molar-refractivity contribution in [3.63, 3.8) is 0 Å². The van der Waals surface area contributed by atoms with E-state index in [9.17, 15) is 13.6 Å². The molecule has 0 radical (unpaired) electrons. The minimum Gasteiger partial charge on any atom is -0.288 e. The summed E-state index contributed by atoms with van der Waals surface area (Å²) in [5.41, 5.74) is -0.267. The lowest BCUT2D eigenvalue weighted by Gasteiger charge is -2.06. The maximum absolute atomic E-state index is 13.9. The molecule has 0 atom stereocenters. The number of halogens is 3. The van der Waals surface area contributed by atoms with Gasteiger partial charge in [-0.15, -0.1) is 11.8 Å². The smallest absolute Gasteiger partial charge is 0.198 e. The van der Waals surface area contributed by atoms with Crippen LogP contribution in [0.4, 0.5) is 8.78 Å². The molecule has 2 aromatic rings. The summed E-state index contributed by atoms with van der Waals surface area (Å²) in [6.07, 6.45) is 0. The Hall–Kier alpha value is -1.20. The van der Waals surface area contributed by atoms with Gasteiger partial charge in [0.05, 0.1) is 10.0 Å². The van der Waals surface area contributed by atoms with Gasteiger partial charge in [0.1, 0.15) is 5.82 Å². The van der Waals surface area contributed by atoms with E-state index < -0.39 is 23.0 Å². The Balaban J connectivity index is 2.39. The minimum atomic E-state index is -0.873. The third-order valence-electron chi connectivity index (χ3n) is 2.70. The molecule has 0 heterocycles. The zero-order chi connectivity index (χ0) is 14.7. The number of benzene rings is 2. The van der Waals surface area contributed by atoms with Crippen molar-refractivity contribution in [1.82, 2.24) is 0 Å². The largest absolute Gasteiger partial charge is 0.288 e. The van der Waals surface area contributed by atoms with Crippen molar-refractivity contribution in [1.29, 1.82) is 0 Å². The molecule has 0 saturated heterocycles. The first-order chi connectivity index (χ1) is 9.54. The summed E-state index contributed by atoms with van der Waals surface area (Å²) in [5.74, 6) is -1.47. The molecule has 1 nitrogen and oxygen atoms in total. The quantitative estimate of drug-likeness (QED) is 0.432. The van der Waals surface area contributed by atoms with Gasteiger partial charge in [0.2, 0.25) is 0 Å². The fourth-order valence-corrected chi connectivity index (χ4v) is 2.74. The Bertz CT molecular complexity index is 641. The molecule has 0 fully saturated rings.